The van der Waals surface area contributed by atoms with E-state index in [0.29, 0.717) is 0 Å². The average molecular weight is 534 g/mol. The summed E-state index contributed by atoms with van der Waals surface area (Å²) in [5.41, 5.74) is 9.59. The van der Waals surface area contributed by atoms with E-state index in [1.165, 1.54) is 38.2 Å². The number of rotatable bonds is 0. The Balaban J connectivity index is 0.000000164. The first kappa shape index (κ1) is 27.8. The number of hydrogen-bond donors (Lipinski definition) is 0. The molecule has 0 amide bonds. The number of benzene rings is 1. The van der Waals surface area contributed by atoms with E-state index in [1.54, 1.807) is 0 Å². The van der Waals surface area contributed by atoms with Gasteiger partial charge in [-0.3, -0.25) is 9.97 Å². The molecule has 0 saturated heterocycles. The monoisotopic (exact) mass is 533 g/mol. The quantitative estimate of drug-likeness (QED) is 0.196. The van der Waals surface area contributed by atoms with Gasteiger partial charge in [-0.05, 0) is 30.3 Å². The van der Waals surface area contributed by atoms with Gasteiger partial charge in [-0.15, -0.1) is 0 Å². The zero-order valence-electron chi connectivity index (χ0n) is 26.0. The summed E-state index contributed by atoms with van der Waals surface area (Å²) in [4.78, 5) is 14.2. The van der Waals surface area contributed by atoms with Crippen LogP contribution in [0.1, 0.15) is 79.4 Å². The van der Waals surface area contributed by atoms with Gasteiger partial charge >= 0.3 is 0 Å². The van der Waals surface area contributed by atoms with E-state index >= 15 is 0 Å². The van der Waals surface area contributed by atoms with Crippen LogP contribution in [0.5, 0.6) is 0 Å². The predicted octanol–water partition coefficient (Wildman–Crippen LogP) is 8.74. The molecular formula is C35H43N5. The largest absolute Gasteiger partial charge is 0.343 e. The fourth-order valence-electron chi connectivity index (χ4n) is 5.24. The molecule has 5 heterocycles. The smallest absolute Gasteiger partial charge is 0.0963 e. The maximum absolute atomic E-state index is 4.87. The Hall–Kier alpha value is -3.73. The van der Waals surface area contributed by atoms with Gasteiger partial charge in [-0.25, -0.2) is 4.98 Å². The minimum absolute atomic E-state index is 0.0550. The lowest BCUT2D eigenvalue weighted by atomic mass is 9.91. The Labute approximate surface area is 238 Å². The molecule has 5 heteroatoms. The fourth-order valence-corrected chi connectivity index (χ4v) is 5.24. The van der Waals surface area contributed by atoms with Gasteiger partial charge in [0, 0.05) is 76.0 Å². The summed E-state index contributed by atoms with van der Waals surface area (Å²) in [5, 5.41) is 3.60. The second-order valence-electron chi connectivity index (χ2n) is 14.1. The highest BCUT2D eigenvalue weighted by Crippen LogP contribution is 2.33. The number of aryl methyl sites for hydroxylation is 2. The molecule has 0 saturated carbocycles. The molecule has 1 aromatic carbocycles. The lowest BCUT2D eigenvalue weighted by Gasteiger charge is -2.17. The average Bonchev–Trinajstić information content (AvgIpc) is 3.34. The highest BCUT2D eigenvalue weighted by atomic mass is 15.0. The van der Waals surface area contributed by atoms with Crippen LogP contribution in [0.15, 0.2) is 60.9 Å². The Bertz CT molecular complexity index is 1790. The van der Waals surface area contributed by atoms with Crippen molar-refractivity contribution in [3.05, 3.63) is 78.0 Å². The summed E-state index contributed by atoms with van der Waals surface area (Å²) in [7, 11) is 4.23. The Morgan fingerprint density at radius 1 is 0.500 bits per heavy atom. The van der Waals surface area contributed by atoms with Crippen LogP contribution in [0.25, 0.3) is 43.7 Å². The molecule has 0 bridgehead atoms. The van der Waals surface area contributed by atoms with E-state index in [4.69, 9.17) is 4.98 Å². The zero-order chi connectivity index (χ0) is 29.2. The lowest BCUT2D eigenvalue weighted by Crippen LogP contribution is -2.13. The number of fused-ring (bicyclic) bond motifs is 6. The lowest BCUT2D eigenvalue weighted by molar-refractivity contribution is 0.570. The number of nitrogens with zero attached hydrogens (tertiary/aromatic N) is 5. The Morgan fingerprint density at radius 3 is 1.48 bits per heavy atom. The summed E-state index contributed by atoms with van der Waals surface area (Å²) in [6.07, 6.45) is 3.99. The molecule has 0 N–H and O–H groups in total. The second kappa shape index (κ2) is 9.43. The van der Waals surface area contributed by atoms with Gasteiger partial charge in [0.15, 0.2) is 0 Å². The number of pyridine rings is 3. The summed E-state index contributed by atoms with van der Waals surface area (Å²) >= 11 is 0. The third-order valence-electron chi connectivity index (χ3n) is 7.84. The molecule has 0 unspecified atom stereocenters. The van der Waals surface area contributed by atoms with Crippen LogP contribution in [-0.4, -0.2) is 24.1 Å². The SMILES string of the molecule is Cn1c2cc(C(C)(C)C)ncc2c2cnc(C(C)(C)C)cc21.Cn1c2ccccc2c2nc(C(C)(C)C)ccc21. The molecule has 5 aromatic heterocycles. The van der Waals surface area contributed by atoms with Gasteiger partial charge in [-0.1, -0.05) is 80.5 Å². The van der Waals surface area contributed by atoms with Crippen LogP contribution < -0.4 is 0 Å². The van der Waals surface area contributed by atoms with E-state index in [2.05, 4.69) is 144 Å². The molecule has 0 aliphatic rings. The van der Waals surface area contributed by atoms with Crippen LogP contribution in [0.2, 0.25) is 0 Å². The molecule has 40 heavy (non-hydrogen) atoms. The maximum atomic E-state index is 4.87. The van der Waals surface area contributed by atoms with Crippen molar-refractivity contribution in [3.63, 3.8) is 0 Å². The summed E-state index contributed by atoms with van der Waals surface area (Å²) < 4.78 is 4.47. The van der Waals surface area contributed by atoms with Crippen molar-refractivity contribution < 1.29 is 0 Å². The molecule has 0 fully saturated rings. The van der Waals surface area contributed by atoms with Gasteiger partial charge in [0.25, 0.3) is 0 Å². The van der Waals surface area contributed by atoms with Crippen molar-refractivity contribution in [1.82, 2.24) is 24.1 Å². The van der Waals surface area contributed by atoms with Crippen molar-refractivity contribution in [1.29, 1.82) is 0 Å². The van der Waals surface area contributed by atoms with E-state index in [-0.39, 0.29) is 16.2 Å². The van der Waals surface area contributed by atoms with Crippen molar-refractivity contribution in [2.45, 2.75) is 78.6 Å². The molecule has 208 valence electrons. The first-order valence-corrected chi connectivity index (χ1v) is 14.2. The maximum Gasteiger partial charge on any atom is 0.0963 e. The van der Waals surface area contributed by atoms with Gasteiger partial charge in [0.1, 0.15) is 0 Å². The van der Waals surface area contributed by atoms with Crippen LogP contribution in [0.3, 0.4) is 0 Å². The summed E-state index contributed by atoms with van der Waals surface area (Å²) in [6.45, 7) is 19.8. The summed E-state index contributed by atoms with van der Waals surface area (Å²) in [5.74, 6) is 0. The topological polar surface area (TPSA) is 48.5 Å². The van der Waals surface area contributed by atoms with Crippen LogP contribution in [0.4, 0.5) is 0 Å². The van der Waals surface area contributed by atoms with E-state index in [1.807, 2.05) is 12.4 Å². The molecular weight excluding hydrogens is 490 g/mol. The van der Waals surface area contributed by atoms with Gasteiger partial charge < -0.3 is 9.13 Å². The second-order valence-corrected chi connectivity index (χ2v) is 14.1. The summed E-state index contributed by atoms with van der Waals surface area (Å²) in [6, 6.07) is 17.2. The molecule has 0 radical (unpaired) electrons. The number of aromatic nitrogens is 5. The normalized spacial score (nSPS) is 12.9. The molecule has 6 aromatic rings. The first-order valence-electron chi connectivity index (χ1n) is 14.2. The van der Waals surface area contributed by atoms with Crippen molar-refractivity contribution >= 4 is 43.7 Å². The Morgan fingerprint density at radius 2 is 0.975 bits per heavy atom. The highest BCUT2D eigenvalue weighted by Gasteiger charge is 2.21. The fraction of sp³-hybridized carbons (Fsp3) is 0.400. The highest BCUT2D eigenvalue weighted by molar-refractivity contribution is 6.07. The van der Waals surface area contributed by atoms with Crippen LogP contribution in [0, 0.1) is 0 Å². The zero-order valence-corrected chi connectivity index (χ0v) is 26.0. The van der Waals surface area contributed by atoms with Gasteiger partial charge in [-0.2, -0.15) is 0 Å². The van der Waals surface area contributed by atoms with Crippen LogP contribution in [-0.2, 0) is 30.3 Å². The van der Waals surface area contributed by atoms with Gasteiger partial charge in [0.2, 0.25) is 0 Å². The minimum atomic E-state index is 0.0550. The molecule has 0 aliphatic carbocycles. The van der Waals surface area contributed by atoms with E-state index < -0.39 is 0 Å². The predicted molar refractivity (Wildman–Crippen MR) is 170 cm³/mol. The third kappa shape index (κ3) is 4.87. The number of para-hydroxylation sites is 1. The molecule has 5 nitrogen and oxygen atoms in total. The van der Waals surface area contributed by atoms with E-state index in [0.717, 1.165) is 22.6 Å². The molecule has 0 aliphatic heterocycles. The minimum Gasteiger partial charge on any atom is -0.343 e. The van der Waals surface area contributed by atoms with Crippen molar-refractivity contribution in [2.24, 2.45) is 14.1 Å². The molecule has 0 atom stereocenters. The van der Waals surface area contributed by atoms with Crippen molar-refractivity contribution in [3.8, 4) is 0 Å². The third-order valence-corrected chi connectivity index (χ3v) is 7.84. The molecule has 6 rings (SSSR count). The Kier molecular flexibility index (Phi) is 6.56. The number of hydrogen-bond acceptors (Lipinski definition) is 3. The first-order chi connectivity index (χ1) is 18.6. The van der Waals surface area contributed by atoms with Crippen molar-refractivity contribution in [2.75, 3.05) is 0 Å². The van der Waals surface area contributed by atoms with E-state index in [9.17, 15) is 0 Å². The molecule has 0 spiro atoms. The van der Waals surface area contributed by atoms with Gasteiger partial charge in [0.05, 0.1) is 27.6 Å². The van der Waals surface area contributed by atoms with Crippen LogP contribution >= 0.6 is 0 Å². The standard InChI is InChI=1S/C19H25N3.C16H18N2/c1-18(2,3)16-8-14-12(10-20-16)13-11-21-17(19(4,5)6)9-15(13)22(14)7;1-16(2,3)14-10-9-13-15(17-14)11-7-5-6-8-12(11)18(13)4/h8-11H,1-7H3;5-10H,1-4H3.